The SMILES string of the molecule is CN(C)C(=O)[C@@H](N)Cc1cscn1.Cl. The highest BCUT2D eigenvalue weighted by Crippen LogP contribution is 2.04. The first-order valence-electron chi connectivity index (χ1n) is 3.95. The number of hydrogen-bond acceptors (Lipinski definition) is 4. The molecule has 0 saturated carbocycles. The number of hydrogen-bond donors (Lipinski definition) is 1. The minimum Gasteiger partial charge on any atom is -0.347 e. The molecule has 0 saturated heterocycles. The van der Waals surface area contributed by atoms with Gasteiger partial charge < -0.3 is 10.6 Å². The van der Waals surface area contributed by atoms with E-state index in [1.807, 2.05) is 5.38 Å². The van der Waals surface area contributed by atoms with Crippen molar-refractivity contribution < 1.29 is 4.79 Å². The first kappa shape index (κ1) is 13.4. The Morgan fingerprint density at radius 3 is 2.79 bits per heavy atom. The second kappa shape index (κ2) is 5.95. The highest BCUT2D eigenvalue weighted by atomic mass is 35.5. The zero-order chi connectivity index (χ0) is 9.84. The number of nitrogens with zero attached hydrogens (tertiary/aromatic N) is 2. The van der Waals surface area contributed by atoms with E-state index in [0.717, 1.165) is 5.69 Å². The number of nitrogens with two attached hydrogens (primary N) is 1. The van der Waals surface area contributed by atoms with Gasteiger partial charge in [-0.05, 0) is 0 Å². The van der Waals surface area contributed by atoms with E-state index in [0.29, 0.717) is 6.42 Å². The van der Waals surface area contributed by atoms with E-state index in [1.165, 1.54) is 16.2 Å². The normalized spacial score (nSPS) is 11.6. The molecular weight excluding hydrogens is 222 g/mol. The Morgan fingerprint density at radius 2 is 2.36 bits per heavy atom. The van der Waals surface area contributed by atoms with Gasteiger partial charge in [-0.15, -0.1) is 23.7 Å². The minimum atomic E-state index is -0.475. The predicted molar refractivity (Wildman–Crippen MR) is 59.7 cm³/mol. The molecule has 1 amide bonds. The Labute approximate surface area is 93.5 Å². The van der Waals surface area contributed by atoms with E-state index >= 15 is 0 Å². The molecule has 0 aliphatic heterocycles. The summed E-state index contributed by atoms with van der Waals surface area (Å²) < 4.78 is 0. The van der Waals surface area contributed by atoms with Gasteiger partial charge in [0.25, 0.3) is 0 Å². The molecule has 0 aliphatic carbocycles. The fraction of sp³-hybridized carbons (Fsp3) is 0.500. The number of amides is 1. The predicted octanol–water partition coefficient (Wildman–Crippen LogP) is 0.523. The number of rotatable bonds is 3. The van der Waals surface area contributed by atoms with E-state index in [2.05, 4.69) is 4.98 Å². The summed E-state index contributed by atoms with van der Waals surface area (Å²) in [7, 11) is 3.40. The maximum absolute atomic E-state index is 11.3. The van der Waals surface area contributed by atoms with Gasteiger partial charge in [0.2, 0.25) is 5.91 Å². The summed E-state index contributed by atoms with van der Waals surface area (Å²) in [5, 5.41) is 1.91. The number of carbonyl (C=O) groups is 1. The lowest BCUT2D eigenvalue weighted by Gasteiger charge is -2.15. The van der Waals surface area contributed by atoms with Crippen LogP contribution in [-0.4, -0.2) is 35.9 Å². The van der Waals surface area contributed by atoms with Crippen molar-refractivity contribution in [3.63, 3.8) is 0 Å². The van der Waals surface area contributed by atoms with Gasteiger partial charge in [-0.1, -0.05) is 0 Å². The second-order valence-electron chi connectivity index (χ2n) is 3.02. The Bertz CT molecular complexity index is 276. The zero-order valence-corrected chi connectivity index (χ0v) is 9.77. The zero-order valence-electron chi connectivity index (χ0n) is 8.14. The topological polar surface area (TPSA) is 59.2 Å². The number of thiazole rings is 1. The van der Waals surface area contributed by atoms with Gasteiger partial charge in [0.05, 0.1) is 17.2 Å². The molecule has 0 fully saturated rings. The van der Waals surface area contributed by atoms with Crippen molar-refractivity contribution in [3.8, 4) is 0 Å². The molecule has 1 rings (SSSR count). The van der Waals surface area contributed by atoms with E-state index < -0.39 is 6.04 Å². The maximum Gasteiger partial charge on any atom is 0.239 e. The third kappa shape index (κ3) is 3.61. The highest BCUT2D eigenvalue weighted by Gasteiger charge is 2.16. The fourth-order valence-corrected chi connectivity index (χ4v) is 1.55. The summed E-state index contributed by atoms with van der Waals surface area (Å²) >= 11 is 1.51. The Morgan fingerprint density at radius 1 is 1.71 bits per heavy atom. The second-order valence-corrected chi connectivity index (χ2v) is 3.74. The van der Waals surface area contributed by atoms with Crippen molar-refractivity contribution in [2.24, 2.45) is 5.73 Å². The lowest BCUT2D eigenvalue weighted by atomic mass is 10.1. The van der Waals surface area contributed by atoms with Gasteiger partial charge in [0.1, 0.15) is 0 Å². The Hall–Kier alpha value is -0.650. The maximum atomic E-state index is 11.3. The third-order valence-electron chi connectivity index (χ3n) is 1.67. The number of carbonyl (C=O) groups excluding carboxylic acids is 1. The summed E-state index contributed by atoms with van der Waals surface area (Å²) in [6.45, 7) is 0. The molecule has 0 bridgehead atoms. The lowest BCUT2D eigenvalue weighted by Crippen LogP contribution is -2.41. The molecule has 80 valence electrons. The van der Waals surface area contributed by atoms with Crippen molar-refractivity contribution >= 4 is 29.7 Å². The molecule has 2 N–H and O–H groups in total. The molecule has 1 aromatic rings. The molecule has 0 spiro atoms. The molecule has 1 atom stereocenters. The van der Waals surface area contributed by atoms with Crippen molar-refractivity contribution in [2.45, 2.75) is 12.5 Å². The summed E-state index contributed by atoms with van der Waals surface area (Å²) in [5.74, 6) is -0.0620. The summed E-state index contributed by atoms with van der Waals surface area (Å²) in [4.78, 5) is 16.9. The van der Waals surface area contributed by atoms with Crippen LogP contribution in [0.25, 0.3) is 0 Å². The fourth-order valence-electron chi connectivity index (χ4n) is 0.983. The van der Waals surface area contributed by atoms with Gasteiger partial charge in [-0.3, -0.25) is 4.79 Å². The van der Waals surface area contributed by atoms with Crippen molar-refractivity contribution in [1.29, 1.82) is 0 Å². The van der Waals surface area contributed by atoms with Crippen LogP contribution < -0.4 is 5.73 Å². The molecular formula is C8H14ClN3OS. The van der Waals surface area contributed by atoms with Gasteiger partial charge in [-0.2, -0.15) is 0 Å². The highest BCUT2D eigenvalue weighted by molar-refractivity contribution is 7.07. The molecule has 0 unspecified atom stereocenters. The van der Waals surface area contributed by atoms with Crippen LogP contribution in [0, 0.1) is 0 Å². The molecule has 1 aromatic heterocycles. The van der Waals surface area contributed by atoms with Crippen LogP contribution in [0.3, 0.4) is 0 Å². The summed E-state index contributed by atoms with van der Waals surface area (Å²) in [6, 6.07) is -0.475. The first-order valence-corrected chi connectivity index (χ1v) is 4.89. The minimum absolute atomic E-state index is 0. The molecule has 6 heteroatoms. The Balaban J connectivity index is 0.00000169. The van der Waals surface area contributed by atoms with Crippen LogP contribution in [0.5, 0.6) is 0 Å². The monoisotopic (exact) mass is 235 g/mol. The smallest absolute Gasteiger partial charge is 0.239 e. The van der Waals surface area contributed by atoms with Gasteiger partial charge >= 0.3 is 0 Å². The molecule has 4 nitrogen and oxygen atoms in total. The van der Waals surface area contributed by atoms with Gasteiger partial charge in [0, 0.05) is 25.9 Å². The summed E-state index contributed by atoms with van der Waals surface area (Å²) in [5.41, 5.74) is 8.30. The molecule has 0 radical (unpaired) electrons. The molecule has 1 heterocycles. The van der Waals surface area contributed by atoms with E-state index in [9.17, 15) is 4.79 Å². The summed E-state index contributed by atoms with van der Waals surface area (Å²) in [6.07, 6.45) is 0.514. The average molecular weight is 236 g/mol. The van der Waals surface area contributed by atoms with Crippen LogP contribution in [-0.2, 0) is 11.2 Å². The number of aromatic nitrogens is 1. The van der Waals surface area contributed by atoms with E-state index in [4.69, 9.17) is 5.73 Å². The number of halogens is 1. The first-order chi connectivity index (χ1) is 6.11. The molecule has 0 aromatic carbocycles. The lowest BCUT2D eigenvalue weighted by molar-refractivity contribution is -0.130. The number of likely N-dealkylation sites (N-methyl/N-ethyl adjacent to an activating group) is 1. The van der Waals surface area contributed by atoms with Crippen LogP contribution >= 0.6 is 23.7 Å². The van der Waals surface area contributed by atoms with Crippen molar-refractivity contribution in [2.75, 3.05) is 14.1 Å². The third-order valence-corrected chi connectivity index (χ3v) is 2.31. The standard InChI is InChI=1S/C8H13N3OS.ClH/c1-11(2)8(12)7(9)3-6-4-13-5-10-6;/h4-5,7H,3,9H2,1-2H3;1H/t7-;/m0./s1. The van der Waals surface area contributed by atoms with Crippen LogP contribution in [0.15, 0.2) is 10.9 Å². The average Bonchev–Trinajstić information content (AvgIpc) is 2.55. The van der Waals surface area contributed by atoms with Crippen LogP contribution in [0.2, 0.25) is 0 Å². The molecule has 0 aliphatic rings. The largest absolute Gasteiger partial charge is 0.347 e. The Kier molecular flexibility index (Phi) is 5.68. The quantitative estimate of drug-likeness (QED) is 0.831. The van der Waals surface area contributed by atoms with Crippen molar-refractivity contribution in [3.05, 3.63) is 16.6 Å². The van der Waals surface area contributed by atoms with Gasteiger partial charge in [0.15, 0.2) is 0 Å². The molecule has 14 heavy (non-hydrogen) atoms. The van der Waals surface area contributed by atoms with E-state index in [-0.39, 0.29) is 18.3 Å². The van der Waals surface area contributed by atoms with Crippen molar-refractivity contribution in [1.82, 2.24) is 9.88 Å². The van der Waals surface area contributed by atoms with Crippen LogP contribution in [0.1, 0.15) is 5.69 Å². The van der Waals surface area contributed by atoms with E-state index in [1.54, 1.807) is 19.6 Å². The van der Waals surface area contributed by atoms with Crippen LogP contribution in [0.4, 0.5) is 0 Å². The van der Waals surface area contributed by atoms with Gasteiger partial charge in [-0.25, -0.2) is 4.98 Å².